The number of piperazine rings is 1. The summed E-state index contributed by atoms with van der Waals surface area (Å²) in [4.78, 5) is 17.4. The van der Waals surface area contributed by atoms with Gasteiger partial charge in [-0.1, -0.05) is 36.2 Å². The number of carbonyl (C=O) groups excluding carboxylic acids is 1. The maximum Gasteiger partial charge on any atom is 0.233 e. The van der Waals surface area contributed by atoms with Gasteiger partial charge in [-0.05, 0) is 32.4 Å². The van der Waals surface area contributed by atoms with E-state index in [2.05, 4.69) is 48.0 Å². The number of likely N-dealkylation sites (N-methyl/N-ethyl adjacent to an activating group) is 1. The molecular weight excluding hydrogens is 248 g/mol. The van der Waals surface area contributed by atoms with Gasteiger partial charge >= 0.3 is 0 Å². The lowest BCUT2D eigenvalue weighted by molar-refractivity contribution is -0.142. The highest BCUT2D eigenvalue weighted by Crippen LogP contribution is 2.45. The van der Waals surface area contributed by atoms with Crippen LogP contribution in [0.1, 0.15) is 30.4 Å². The van der Waals surface area contributed by atoms with E-state index >= 15 is 0 Å². The predicted octanol–water partition coefficient (Wildman–Crippen LogP) is 2.19. The van der Waals surface area contributed by atoms with Crippen molar-refractivity contribution in [1.82, 2.24) is 9.80 Å². The van der Waals surface area contributed by atoms with Gasteiger partial charge in [-0.25, -0.2) is 0 Å². The van der Waals surface area contributed by atoms with Gasteiger partial charge in [0.2, 0.25) is 5.91 Å². The average molecular weight is 272 g/mol. The molecule has 0 aromatic heterocycles. The molecule has 0 unspecified atom stereocenters. The SMILES string of the molecule is Cc1cccc(C2(C(=O)N3CCN(C)CC3)CCC2)c1. The van der Waals surface area contributed by atoms with E-state index in [0.717, 1.165) is 39.0 Å². The summed E-state index contributed by atoms with van der Waals surface area (Å²) < 4.78 is 0. The Morgan fingerprint density at radius 2 is 1.85 bits per heavy atom. The number of amides is 1. The minimum Gasteiger partial charge on any atom is -0.339 e. The van der Waals surface area contributed by atoms with Crippen LogP contribution in [0, 0.1) is 6.92 Å². The van der Waals surface area contributed by atoms with Gasteiger partial charge in [0.15, 0.2) is 0 Å². The molecule has 2 aliphatic rings. The Hall–Kier alpha value is -1.35. The van der Waals surface area contributed by atoms with Gasteiger partial charge in [-0.2, -0.15) is 0 Å². The van der Waals surface area contributed by atoms with E-state index in [0.29, 0.717) is 5.91 Å². The Morgan fingerprint density at radius 3 is 2.40 bits per heavy atom. The molecule has 3 rings (SSSR count). The summed E-state index contributed by atoms with van der Waals surface area (Å²) in [6.45, 7) is 5.85. The number of hydrogen-bond donors (Lipinski definition) is 0. The molecule has 3 heteroatoms. The van der Waals surface area contributed by atoms with Crippen LogP contribution in [-0.2, 0) is 10.2 Å². The molecule has 0 bridgehead atoms. The van der Waals surface area contributed by atoms with Crippen molar-refractivity contribution >= 4 is 5.91 Å². The van der Waals surface area contributed by atoms with Crippen molar-refractivity contribution in [2.45, 2.75) is 31.6 Å². The van der Waals surface area contributed by atoms with Gasteiger partial charge < -0.3 is 9.80 Å². The first-order valence-corrected chi connectivity index (χ1v) is 7.67. The lowest BCUT2D eigenvalue weighted by atomic mass is 9.63. The quantitative estimate of drug-likeness (QED) is 0.824. The van der Waals surface area contributed by atoms with Crippen molar-refractivity contribution in [3.8, 4) is 0 Å². The molecule has 1 saturated heterocycles. The Labute approximate surface area is 121 Å². The van der Waals surface area contributed by atoms with Crippen LogP contribution in [-0.4, -0.2) is 48.9 Å². The van der Waals surface area contributed by atoms with E-state index in [-0.39, 0.29) is 5.41 Å². The summed E-state index contributed by atoms with van der Waals surface area (Å²) in [6.07, 6.45) is 3.21. The summed E-state index contributed by atoms with van der Waals surface area (Å²) in [7, 11) is 2.13. The molecule has 1 saturated carbocycles. The van der Waals surface area contributed by atoms with Crippen molar-refractivity contribution < 1.29 is 4.79 Å². The van der Waals surface area contributed by atoms with E-state index in [1.165, 1.54) is 17.5 Å². The van der Waals surface area contributed by atoms with E-state index in [9.17, 15) is 4.79 Å². The molecule has 3 nitrogen and oxygen atoms in total. The first-order valence-electron chi connectivity index (χ1n) is 7.67. The second-order valence-corrected chi connectivity index (χ2v) is 6.40. The van der Waals surface area contributed by atoms with Crippen LogP contribution in [0.5, 0.6) is 0 Å². The van der Waals surface area contributed by atoms with Gasteiger partial charge in [-0.3, -0.25) is 4.79 Å². The van der Waals surface area contributed by atoms with E-state index in [4.69, 9.17) is 0 Å². The molecule has 0 atom stereocenters. The van der Waals surface area contributed by atoms with Gasteiger partial charge in [-0.15, -0.1) is 0 Å². The molecule has 108 valence electrons. The second kappa shape index (κ2) is 5.21. The highest BCUT2D eigenvalue weighted by molar-refractivity contribution is 5.89. The van der Waals surface area contributed by atoms with Crippen molar-refractivity contribution in [3.63, 3.8) is 0 Å². The lowest BCUT2D eigenvalue weighted by Crippen LogP contribution is -2.56. The number of hydrogen-bond acceptors (Lipinski definition) is 2. The van der Waals surface area contributed by atoms with Gasteiger partial charge in [0, 0.05) is 26.2 Å². The summed E-state index contributed by atoms with van der Waals surface area (Å²) in [5.41, 5.74) is 2.26. The molecule has 20 heavy (non-hydrogen) atoms. The Kier molecular flexibility index (Phi) is 3.55. The number of benzene rings is 1. The van der Waals surface area contributed by atoms with Gasteiger partial charge in [0.25, 0.3) is 0 Å². The van der Waals surface area contributed by atoms with Gasteiger partial charge in [0.05, 0.1) is 5.41 Å². The fourth-order valence-electron chi connectivity index (χ4n) is 3.41. The Bertz CT molecular complexity index is 499. The molecule has 1 amide bonds. The lowest BCUT2D eigenvalue weighted by Gasteiger charge is -2.45. The minimum atomic E-state index is -0.220. The molecule has 0 spiro atoms. The van der Waals surface area contributed by atoms with Crippen LogP contribution in [0.4, 0.5) is 0 Å². The maximum absolute atomic E-state index is 13.0. The molecule has 1 aromatic rings. The smallest absolute Gasteiger partial charge is 0.233 e. The zero-order chi connectivity index (χ0) is 14.2. The molecule has 2 fully saturated rings. The first kappa shape index (κ1) is 13.6. The molecule has 1 aliphatic carbocycles. The average Bonchev–Trinajstić information content (AvgIpc) is 2.38. The Balaban J connectivity index is 1.84. The van der Waals surface area contributed by atoms with E-state index in [1.54, 1.807) is 0 Å². The normalized spacial score (nSPS) is 22.4. The third-order valence-electron chi connectivity index (χ3n) is 4.98. The number of aryl methyl sites for hydroxylation is 1. The fraction of sp³-hybridized carbons (Fsp3) is 0.588. The summed E-state index contributed by atoms with van der Waals surface area (Å²) in [6, 6.07) is 8.53. The molecule has 1 aromatic carbocycles. The molecular formula is C17H24N2O. The zero-order valence-electron chi connectivity index (χ0n) is 12.6. The van der Waals surface area contributed by atoms with Crippen LogP contribution >= 0.6 is 0 Å². The number of rotatable bonds is 2. The largest absolute Gasteiger partial charge is 0.339 e. The highest BCUT2D eigenvalue weighted by atomic mass is 16.2. The van der Waals surface area contributed by atoms with Crippen LogP contribution in [0.15, 0.2) is 24.3 Å². The van der Waals surface area contributed by atoms with Crippen molar-refractivity contribution in [3.05, 3.63) is 35.4 Å². The predicted molar refractivity (Wildman–Crippen MR) is 80.8 cm³/mol. The maximum atomic E-state index is 13.0. The molecule has 1 aliphatic heterocycles. The van der Waals surface area contributed by atoms with Crippen LogP contribution < -0.4 is 0 Å². The van der Waals surface area contributed by atoms with Gasteiger partial charge in [0.1, 0.15) is 0 Å². The van der Waals surface area contributed by atoms with E-state index < -0.39 is 0 Å². The standard InChI is InChI=1S/C17H24N2O/c1-14-5-3-6-15(13-14)17(7-4-8-17)16(20)19-11-9-18(2)10-12-19/h3,5-6,13H,4,7-12H2,1-2H3. The minimum absolute atomic E-state index is 0.220. The molecule has 0 radical (unpaired) electrons. The summed E-state index contributed by atoms with van der Waals surface area (Å²) in [5.74, 6) is 0.363. The third-order valence-corrected chi connectivity index (χ3v) is 4.98. The van der Waals surface area contributed by atoms with Crippen molar-refractivity contribution in [1.29, 1.82) is 0 Å². The zero-order valence-corrected chi connectivity index (χ0v) is 12.6. The fourth-order valence-corrected chi connectivity index (χ4v) is 3.41. The Morgan fingerprint density at radius 1 is 1.15 bits per heavy atom. The summed E-state index contributed by atoms with van der Waals surface area (Å²) >= 11 is 0. The third kappa shape index (κ3) is 2.24. The van der Waals surface area contributed by atoms with Crippen LogP contribution in [0.2, 0.25) is 0 Å². The number of nitrogens with zero attached hydrogens (tertiary/aromatic N) is 2. The van der Waals surface area contributed by atoms with Crippen LogP contribution in [0.25, 0.3) is 0 Å². The van der Waals surface area contributed by atoms with E-state index in [1.807, 2.05) is 0 Å². The number of carbonyl (C=O) groups is 1. The monoisotopic (exact) mass is 272 g/mol. The molecule has 0 N–H and O–H groups in total. The second-order valence-electron chi connectivity index (χ2n) is 6.40. The first-order chi connectivity index (χ1) is 9.62. The highest BCUT2D eigenvalue weighted by Gasteiger charge is 2.47. The van der Waals surface area contributed by atoms with Crippen LogP contribution in [0.3, 0.4) is 0 Å². The van der Waals surface area contributed by atoms with Crippen molar-refractivity contribution in [2.24, 2.45) is 0 Å². The molecule has 1 heterocycles. The topological polar surface area (TPSA) is 23.6 Å². The summed E-state index contributed by atoms with van der Waals surface area (Å²) in [5, 5.41) is 0. The van der Waals surface area contributed by atoms with Crippen molar-refractivity contribution in [2.75, 3.05) is 33.2 Å².